The minimum absolute atomic E-state index is 0.0748. The zero-order valence-corrected chi connectivity index (χ0v) is 15.5. The number of benzene rings is 2. The Morgan fingerprint density at radius 2 is 1.72 bits per heavy atom. The molecular formula is C20H16F2N4O3. The maximum Gasteiger partial charge on any atom is 0.360 e. The van der Waals surface area contributed by atoms with Gasteiger partial charge in [0.25, 0.3) is 5.56 Å². The molecule has 0 saturated carbocycles. The van der Waals surface area contributed by atoms with Crippen LogP contribution in [-0.2, 0) is 11.8 Å². The first-order valence-electron chi connectivity index (χ1n) is 8.80. The number of nitrogens with zero attached hydrogens (tertiary/aromatic N) is 4. The average molecular weight is 398 g/mol. The van der Waals surface area contributed by atoms with Crippen molar-refractivity contribution in [3.8, 4) is 0 Å². The largest absolute Gasteiger partial charge is 0.450 e. The van der Waals surface area contributed by atoms with Crippen LogP contribution in [0.2, 0.25) is 0 Å². The highest BCUT2D eigenvalue weighted by Crippen LogP contribution is 2.29. The van der Waals surface area contributed by atoms with Crippen molar-refractivity contribution < 1.29 is 18.3 Å². The smallest absolute Gasteiger partial charge is 0.360 e. The Bertz CT molecular complexity index is 1300. The van der Waals surface area contributed by atoms with E-state index in [4.69, 9.17) is 4.74 Å². The second-order valence-electron chi connectivity index (χ2n) is 6.48. The highest BCUT2D eigenvalue weighted by molar-refractivity contribution is 6.02. The lowest BCUT2D eigenvalue weighted by Gasteiger charge is -2.15. The number of aromatic nitrogens is 4. The summed E-state index contributed by atoms with van der Waals surface area (Å²) in [5, 5.41) is 4.64. The molecule has 0 N–H and O–H groups in total. The molecule has 0 radical (unpaired) electrons. The fourth-order valence-corrected chi connectivity index (χ4v) is 3.27. The van der Waals surface area contributed by atoms with Crippen LogP contribution in [0.5, 0.6) is 0 Å². The van der Waals surface area contributed by atoms with Crippen molar-refractivity contribution in [2.45, 2.75) is 19.6 Å². The number of para-hydroxylation sites is 2. The molecule has 0 fully saturated rings. The topological polar surface area (TPSA) is 79.0 Å². The van der Waals surface area contributed by atoms with Crippen molar-refractivity contribution in [3.05, 3.63) is 70.4 Å². The lowest BCUT2D eigenvalue weighted by molar-refractivity contribution is 0.0227. The maximum atomic E-state index is 13.6. The van der Waals surface area contributed by atoms with E-state index in [0.29, 0.717) is 16.3 Å². The highest BCUT2D eigenvalue weighted by Gasteiger charge is 2.26. The summed E-state index contributed by atoms with van der Waals surface area (Å²) in [6, 6.07) is 12.9. The van der Waals surface area contributed by atoms with Crippen molar-refractivity contribution in [3.63, 3.8) is 0 Å². The molecule has 0 aliphatic carbocycles. The molecule has 2 aromatic heterocycles. The Morgan fingerprint density at radius 1 is 1.07 bits per heavy atom. The summed E-state index contributed by atoms with van der Waals surface area (Å²) < 4.78 is 34.5. The van der Waals surface area contributed by atoms with E-state index in [1.807, 2.05) is 0 Å². The SMILES string of the molecule is C[C@@H](OC(=O)c1nn(C)c(=O)c2ccccc12)c1nc2ccccc2n1C(F)F. The summed E-state index contributed by atoms with van der Waals surface area (Å²) in [6.45, 7) is -1.39. The number of aryl methyl sites for hydroxylation is 1. The average Bonchev–Trinajstić information content (AvgIpc) is 3.10. The van der Waals surface area contributed by atoms with Gasteiger partial charge in [-0.25, -0.2) is 14.5 Å². The van der Waals surface area contributed by atoms with Gasteiger partial charge in [-0.3, -0.25) is 9.36 Å². The third-order valence-corrected chi connectivity index (χ3v) is 4.62. The van der Waals surface area contributed by atoms with Crippen molar-refractivity contribution in [1.82, 2.24) is 19.3 Å². The van der Waals surface area contributed by atoms with Crippen LogP contribution >= 0.6 is 0 Å². The number of carbonyl (C=O) groups is 1. The Hall–Kier alpha value is -3.62. The molecule has 0 bridgehead atoms. The molecule has 4 aromatic rings. The van der Waals surface area contributed by atoms with E-state index < -0.39 is 18.6 Å². The Balaban J connectivity index is 1.74. The fraction of sp³-hybridized carbons (Fsp3) is 0.200. The number of alkyl halides is 2. The van der Waals surface area contributed by atoms with Gasteiger partial charge in [-0.05, 0) is 25.1 Å². The van der Waals surface area contributed by atoms with Gasteiger partial charge in [0.05, 0.1) is 16.4 Å². The molecule has 2 aromatic carbocycles. The van der Waals surface area contributed by atoms with Crippen LogP contribution in [0.15, 0.2) is 53.3 Å². The molecule has 4 rings (SSSR count). The Kier molecular flexibility index (Phi) is 4.57. The molecular weight excluding hydrogens is 382 g/mol. The van der Waals surface area contributed by atoms with Crippen molar-refractivity contribution in [2.24, 2.45) is 7.05 Å². The van der Waals surface area contributed by atoms with Crippen molar-refractivity contribution in [1.29, 1.82) is 0 Å². The number of carbonyl (C=O) groups excluding carboxylic acids is 1. The van der Waals surface area contributed by atoms with Gasteiger partial charge in [0.1, 0.15) is 0 Å². The van der Waals surface area contributed by atoms with Crippen LogP contribution < -0.4 is 5.56 Å². The summed E-state index contributed by atoms with van der Waals surface area (Å²) in [5.74, 6) is -0.916. The number of fused-ring (bicyclic) bond motifs is 2. The zero-order chi connectivity index (χ0) is 20.7. The van der Waals surface area contributed by atoms with E-state index >= 15 is 0 Å². The molecule has 0 amide bonds. The summed E-state index contributed by atoms with van der Waals surface area (Å²) in [4.78, 5) is 29.2. The number of halogens is 2. The lowest BCUT2D eigenvalue weighted by Crippen LogP contribution is -2.24. The maximum absolute atomic E-state index is 13.6. The molecule has 2 heterocycles. The minimum atomic E-state index is -2.85. The van der Waals surface area contributed by atoms with E-state index in [-0.39, 0.29) is 22.6 Å². The van der Waals surface area contributed by atoms with Gasteiger partial charge in [-0.15, -0.1) is 0 Å². The van der Waals surface area contributed by atoms with Crippen molar-refractivity contribution >= 4 is 27.8 Å². The number of esters is 1. The minimum Gasteiger partial charge on any atom is -0.450 e. The number of imidazole rings is 1. The standard InChI is InChI=1S/C20H16F2N4O3/c1-11(17-23-14-9-5-6-10-15(14)26(17)20(21)22)29-19(28)16-12-7-3-4-8-13(12)18(27)25(2)24-16/h3-11,20H,1-2H3/t11-/m1/s1. The Labute approximate surface area is 163 Å². The highest BCUT2D eigenvalue weighted by atomic mass is 19.3. The van der Waals surface area contributed by atoms with Crippen LogP contribution in [-0.4, -0.2) is 25.3 Å². The first-order chi connectivity index (χ1) is 13.9. The molecule has 0 unspecified atom stereocenters. The summed E-state index contributed by atoms with van der Waals surface area (Å²) in [6.07, 6.45) is -1.07. The third kappa shape index (κ3) is 3.14. The second kappa shape index (κ2) is 7.08. The molecule has 1 atom stereocenters. The van der Waals surface area contributed by atoms with Gasteiger partial charge in [0.15, 0.2) is 17.6 Å². The summed E-state index contributed by atoms with van der Waals surface area (Å²) in [7, 11) is 1.42. The van der Waals surface area contributed by atoms with Gasteiger partial charge in [-0.2, -0.15) is 13.9 Å². The van der Waals surface area contributed by atoms with E-state index in [9.17, 15) is 18.4 Å². The van der Waals surface area contributed by atoms with Crippen molar-refractivity contribution in [2.75, 3.05) is 0 Å². The molecule has 0 saturated heterocycles. The van der Waals surface area contributed by atoms with Crippen LogP contribution in [0.3, 0.4) is 0 Å². The molecule has 0 aliphatic rings. The fourth-order valence-electron chi connectivity index (χ4n) is 3.27. The van der Waals surface area contributed by atoms with Gasteiger partial charge >= 0.3 is 12.5 Å². The van der Waals surface area contributed by atoms with E-state index in [2.05, 4.69) is 10.1 Å². The molecule has 0 spiro atoms. The monoisotopic (exact) mass is 398 g/mol. The van der Waals surface area contributed by atoms with E-state index in [1.165, 1.54) is 20.0 Å². The van der Waals surface area contributed by atoms with Gasteiger partial charge < -0.3 is 4.74 Å². The third-order valence-electron chi connectivity index (χ3n) is 4.62. The number of hydrogen-bond donors (Lipinski definition) is 0. The first-order valence-corrected chi connectivity index (χ1v) is 8.80. The summed E-state index contributed by atoms with van der Waals surface area (Å²) in [5.41, 5.74) is 0.182. The lowest BCUT2D eigenvalue weighted by atomic mass is 10.1. The molecule has 148 valence electrons. The second-order valence-corrected chi connectivity index (χ2v) is 6.48. The molecule has 7 nitrogen and oxygen atoms in total. The normalized spacial score (nSPS) is 12.6. The van der Waals surface area contributed by atoms with Gasteiger partial charge in [-0.1, -0.05) is 30.3 Å². The van der Waals surface area contributed by atoms with Crippen LogP contribution in [0.4, 0.5) is 8.78 Å². The molecule has 29 heavy (non-hydrogen) atoms. The molecule has 0 aliphatic heterocycles. The van der Waals surface area contributed by atoms with Crippen LogP contribution in [0, 0.1) is 0 Å². The first kappa shape index (κ1) is 18.7. The van der Waals surface area contributed by atoms with Gasteiger partial charge in [0.2, 0.25) is 0 Å². The van der Waals surface area contributed by atoms with Crippen LogP contribution in [0.1, 0.15) is 35.9 Å². The van der Waals surface area contributed by atoms with E-state index in [1.54, 1.807) is 42.5 Å². The van der Waals surface area contributed by atoms with E-state index in [0.717, 1.165) is 9.25 Å². The Morgan fingerprint density at radius 3 is 2.45 bits per heavy atom. The van der Waals surface area contributed by atoms with Gasteiger partial charge in [0, 0.05) is 12.4 Å². The summed E-state index contributed by atoms with van der Waals surface area (Å²) >= 11 is 0. The number of ether oxygens (including phenoxy) is 1. The quantitative estimate of drug-likeness (QED) is 0.491. The predicted octanol–water partition coefficient (Wildman–Crippen LogP) is 3.60. The predicted molar refractivity (Wildman–Crippen MR) is 102 cm³/mol. The van der Waals surface area contributed by atoms with Crippen LogP contribution in [0.25, 0.3) is 21.8 Å². The number of hydrogen-bond acceptors (Lipinski definition) is 5. The number of rotatable bonds is 4. The zero-order valence-electron chi connectivity index (χ0n) is 15.5. The molecule has 9 heteroatoms.